The summed E-state index contributed by atoms with van der Waals surface area (Å²) in [6.45, 7) is 6.90. The number of nitrogens with zero attached hydrogens (tertiary/aromatic N) is 1. The van der Waals surface area contributed by atoms with Gasteiger partial charge in [0.1, 0.15) is 5.75 Å². The maximum absolute atomic E-state index is 12.5. The van der Waals surface area contributed by atoms with Crippen LogP contribution in [0.25, 0.3) is 0 Å². The predicted molar refractivity (Wildman–Crippen MR) is 103 cm³/mol. The smallest absolute Gasteiger partial charge is 0.166 e. The van der Waals surface area contributed by atoms with Crippen LogP contribution in [-0.2, 0) is 0 Å². The van der Waals surface area contributed by atoms with Gasteiger partial charge in [0.25, 0.3) is 0 Å². The van der Waals surface area contributed by atoms with Gasteiger partial charge in [-0.3, -0.25) is 9.69 Å². The molecule has 0 unspecified atom stereocenters. The summed E-state index contributed by atoms with van der Waals surface area (Å²) in [5.74, 6) is 1.17. The molecule has 0 radical (unpaired) electrons. The minimum Gasteiger partial charge on any atom is -0.496 e. The number of halogens is 2. The number of nitrogen functional groups attached to an aromatic ring is 1. The third-order valence-electron chi connectivity index (χ3n) is 4.49. The van der Waals surface area contributed by atoms with Crippen molar-refractivity contribution < 1.29 is 9.53 Å². The van der Waals surface area contributed by atoms with E-state index >= 15 is 0 Å². The number of Topliss-reactive ketones (excluding diaryl/α,β-unsaturated/α-hetero) is 1. The molecule has 0 saturated carbocycles. The average Bonchev–Trinajstić information content (AvgIpc) is 2.56. The highest BCUT2D eigenvalue weighted by atomic mass is 35.5. The Bertz CT molecular complexity index is 570. The Balaban J connectivity index is 0.00000288. The van der Waals surface area contributed by atoms with Crippen LogP contribution in [0.1, 0.15) is 36.0 Å². The van der Waals surface area contributed by atoms with E-state index in [1.807, 2.05) is 6.08 Å². The lowest BCUT2D eigenvalue weighted by atomic mass is 9.90. The first-order valence-electron chi connectivity index (χ1n) is 8.04. The van der Waals surface area contributed by atoms with Crippen LogP contribution in [-0.4, -0.2) is 37.4 Å². The Labute approximate surface area is 155 Å². The summed E-state index contributed by atoms with van der Waals surface area (Å²) >= 11 is 6.04. The molecule has 0 bridgehead atoms. The molecule has 1 fully saturated rings. The van der Waals surface area contributed by atoms with E-state index < -0.39 is 0 Å². The Morgan fingerprint density at radius 1 is 1.46 bits per heavy atom. The topological polar surface area (TPSA) is 55.6 Å². The third kappa shape index (κ3) is 5.40. The number of likely N-dealkylation sites (tertiary alicyclic amines) is 1. The molecule has 24 heavy (non-hydrogen) atoms. The van der Waals surface area contributed by atoms with Gasteiger partial charge >= 0.3 is 0 Å². The summed E-state index contributed by atoms with van der Waals surface area (Å²) in [4.78, 5) is 14.9. The lowest BCUT2D eigenvalue weighted by molar-refractivity contribution is 0.0961. The molecule has 1 aromatic carbocycles. The molecule has 1 heterocycles. The van der Waals surface area contributed by atoms with Crippen LogP contribution in [0.2, 0.25) is 5.02 Å². The number of piperidine rings is 1. The average molecular weight is 373 g/mol. The molecule has 1 saturated heterocycles. The second-order valence-electron chi connectivity index (χ2n) is 6.07. The van der Waals surface area contributed by atoms with Gasteiger partial charge in [0.05, 0.1) is 23.4 Å². The third-order valence-corrected chi connectivity index (χ3v) is 4.82. The van der Waals surface area contributed by atoms with E-state index in [1.54, 1.807) is 12.1 Å². The minimum absolute atomic E-state index is 0. The highest BCUT2D eigenvalue weighted by Crippen LogP contribution is 2.31. The summed E-state index contributed by atoms with van der Waals surface area (Å²) in [6.07, 6.45) is 5.65. The zero-order valence-corrected chi connectivity index (χ0v) is 15.7. The van der Waals surface area contributed by atoms with Gasteiger partial charge in [-0.2, -0.15) is 0 Å². The molecule has 6 heteroatoms. The quantitative estimate of drug-likeness (QED) is 0.442. The summed E-state index contributed by atoms with van der Waals surface area (Å²) in [5, 5.41) is 0.395. The SMILES string of the molecule is C=CCN1CCC(CCC(=O)c2cc(Cl)c(N)cc2OC)CC1.Cl. The fourth-order valence-electron chi connectivity index (χ4n) is 3.07. The number of hydrogen-bond acceptors (Lipinski definition) is 4. The van der Waals surface area contributed by atoms with E-state index in [2.05, 4.69) is 11.5 Å². The summed E-state index contributed by atoms with van der Waals surface area (Å²) < 4.78 is 5.26. The van der Waals surface area contributed by atoms with Crippen LogP contribution in [0.4, 0.5) is 5.69 Å². The number of rotatable bonds is 7. The molecule has 2 N–H and O–H groups in total. The van der Waals surface area contributed by atoms with E-state index in [4.69, 9.17) is 22.1 Å². The second kappa shape index (κ2) is 9.92. The second-order valence-corrected chi connectivity index (χ2v) is 6.48. The first kappa shape index (κ1) is 20.8. The molecule has 0 aliphatic carbocycles. The van der Waals surface area contributed by atoms with E-state index in [0.717, 1.165) is 38.9 Å². The highest BCUT2D eigenvalue weighted by molar-refractivity contribution is 6.33. The standard InChI is InChI=1S/C18H25ClN2O2.ClH/c1-3-8-21-9-6-13(7-10-21)4-5-17(22)14-11-15(19)16(20)12-18(14)23-2;/h3,11-13H,1,4-10,20H2,2H3;1H. The van der Waals surface area contributed by atoms with E-state index in [0.29, 0.717) is 34.4 Å². The maximum atomic E-state index is 12.5. The first-order valence-corrected chi connectivity index (χ1v) is 8.42. The Kier molecular flexibility index (Phi) is 8.60. The predicted octanol–water partition coefficient (Wildman–Crippen LogP) is 4.21. The van der Waals surface area contributed by atoms with Gasteiger partial charge in [-0.25, -0.2) is 0 Å². The lowest BCUT2D eigenvalue weighted by Gasteiger charge is -2.31. The van der Waals surface area contributed by atoms with Crippen molar-refractivity contribution in [3.8, 4) is 5.75 Å². The number of hydrogen-bond donors (Lipinski definition) is 1. The number of anilines is 1. The molecule has 1 aromatic rings. The fourth-order valence-corrected chi connectivity index (χ4v) is 3.23. The first-order chi connectivity index (χ1) is 11.0. The fraction of sp³-hybridized carbons (Fsp3) is 0.500. The monoisotopic (exact) mass is 372 g/mol. The Morgan fingerprint density at radius 3 is 2.71 bits per heavy atom. The van der Waals surface area contributed by atoms with E-state index in [1.165, 1.54) is 7.11 Å². The van der Waals surface area contributed by atoms with Gasteiger partial charge in [0.15, 0.2) is 5.78 Å². The van der Waals surface area contributed by atoms with Gasteiger partial charge < -0.3 is 10.5 Å². The van der Waals surface area contributed by atoms with E-state index in [-0.39, 0.29) is 18.2 Å². The van der Waals surface area contributed by atoms with E-state index in [9.17, 15) is 4.79 Å². The molecule has 0 aromatic heterocycles. The number of nitrogens with two attached hydrogens (primary N) is 1. The number of benzene rings is 1. The van der Waals surface area contributed by atoms with Crippen molar-refractivity contribution in [3.63, 3.8) is 0 Å². The number of carbonyl (C=O) groups is 1. The molecule has 0 atom stereocenters. The molecule has 0 amide bonds. The zero-order valence-electron chi connectivity index (χ0n) is 14.1. The molecule has 134 valence electrons. The van der Waals surface area contributed by atoms with Crippen molar-refractivity contribution >= 4 is 35.5 Å². The van der Waals surface area contributed by atoms with Crippen LogP contribution in [0.15, 0.2) is 24.8 Å². The number of carbonyl (C=O) groups excluding carboxylic acids is 1. The summed E-state index contributed by atoms with van der Waals surface area (Å²) in [6, 6.07) is 3.23. The van der Waals surface area contributed by atoms with Crippen LogP contribution in [0, 0.1) is 5.92 Å². The molecule has 4 nitrogen and oxygen atoms in total. The maximum Gasteiger partial charge on any atom is 0.166 e. The lowest BCUT2D eigenvalue weighted by Crippen LogP contribution is -2.33. The summed E-state index contributed by atoms with van der Waals surface area (Å²) in [5.41, 5.74) is 6.71. The summed E-state index contributed by atoms with van der Waals surface area (Å²) in [7, 11) is 1.54. The largest absolute Gasteiger partial charge is 0.496 e. The van der Waals surface area contributed by atoms with Crippen LogP contribution >= 0.6 is 24.0 Å². The Morgan fingerprint density at radius 2 is 2.12 bits per heavy atom. The van der Waals surface area contributed by atoms with Crippen LogP contribution < -0.4 is 10.5 Å². The Hall–Kier alpha value is -1.23. The van der Waals surface area contributed by atoms with Crippen molar-refractivity contribution in [2.75, 3.05) is 32.5 Å². The van der Waals surface area contributed by atoms with Gasteiger partial charge in [0.2, 0.25) is 0 Å². The molecule has 1 aliphatic heterocycles. The normalized spacial score (nSPS) is 15.6. The minimum atomic E-state index is 0. The van der Waals surface area contributed by atoms with Crippen molar-refractivity contribution in [3.05, 3.63) is 35.4 Å². The van der Waals surface area contributed by atoms with Crippen LogP contribution in [0.5, 0.6) is 5.75 Å². The number of methoxy groups -OCH3 is 1. The highest BCUT2D eigenvalue weighted by Gasteiger charge is 2.21. The molecule has 2 rings (SSSR count). The molecular weight excluding hydrogens is 347 g/mol. The van der Waals surface area contributed by atoms with Crippen LogP contribution in [0.3, 0.4) is 0 Å². The van der Waals surface area contributed by atoms with Gasteiger partial charge in [-0.05, 0) is 44.3 Å². The molecular formula is C18H26Cl2N2O2. The van der Waals surface area contributed by atoms with Crippen molar-refractivity contribution in [1.29, 1.82) is 0 Å². The number of ether oxygens (including phenoxy) is 1. The van der Waals surface area contributed by atoms with Crippen molar-refractivity contribution in [2.45, 2.75) is 25.7 Å². The van der Waals surface area contributed by atoms with Gasteiger partial charge in [0, 0.05) is 19.0 Å². The van der Waals surface area contributed by atoms with Crippen molar-refractivity contribution in [2.24, 2.45) is 5.92 Å². The van der Waals surface area contributed by atoms with Crippen molar-refractivity contribution in [1.82, 2.24) is 4.90 Å². The van der Waals surface area contributed by atoms with Gasteiger partial charge in [-0.1, -0.05) is 17.7 Å². The number of ketones is 1. The zero-order chi connectivity index (χ0) is 16.8. The van der Waals surface area contributed by atoms with Gasteiger partial charge in [-0.15, -0.1) is 19.0 Å². The molecule has 1 aliphatic rings. The molecule has 0 spiro atoms.